The summed E-state index contributed by atoms with van der Waals surface area (Å²) in [5.41, 5.74) is 3.91. The van der Waals surface area contributed by atoms with Gasteiger partial charge in [-0.05, 0) is 37.9 Å². The molecule has 116 valence electrons. The number of nitrogens with zero attached hydrogens (tertiary/aromatic N) is 2. The Morgan fingerprint density at radius 2 is 2.05 bits per heavy atom. The van der Waals surface area contributed by atoms with Crippen molar-refractivity contribution < 1.29 is 4.79 Å². The second kappa shape index (κ2) is 6.75. The van der Waals surface area contributed by atoms with Gasteiger partial charge in [-0.3, -0.25) is 4.79 Å². The predicted octanol–water partition coefficient (Wildman–Crippen LogP) is 1.70. The van der Waals surface area contributed by atoms with E-state index < -0.39 is 0 Å². The van der Waals surface area contributed by atoms with Crippen LogP contribution in [0.25, 0.3) is 5.69 Å². The fourth-order valence-corrected chi connectivity index (χ4v) is 2.93. The van der Waals surface area contributed by atoms with Gasteiger partial charge >= 0.3 is 0 Å². The van der Waals surface area contributed by atoms with Crippen molar-refractivity contribution in [3.63, 3.8) is 0 Å². The van der Waals surface area contributed by atoms with Gasteiger partial charge in [-0.1, -0.05) is 25.1 Å². The summed E-state index contributed by atoms with van der Waals surface area (Å²) >= 11 is 0. The van der Waals surface area contributed by atoms with Crippen molar-refractivity contribution in [2.45, 2.75) is 26.2 Å². The summed E-state index contributed by atoms with van der Waals surface area (Å²) in [6.45, 7) is 4.37. The Kier molecular flexibility index (Phi) is 4.53. The van der Waals surface area contributed by atoms with Gasteiger partial charge in [-0.2, -0.15) is 5.10 Å². The first kappa shape index (κ1) is 14.8. The topological polar surface area (TPSA) is 58.9 Å². The number of nitrogens with one attached hydrogen (secondary N) is 2. The monoisotopic (exact) mass is 298 g/mol. The molecule has 5 nitrogen and oxygen atoms in total. The zero-order valence-electron chi connectivity index (χ0n) is 12.9. The minimum atomic E-state index is -0.0641. The molecule has 1 aliphatic carbocycles. The Morgan fingerprint density at radius 3 is 2.82 bits per heavy atom. The van der Waals surface area contributed by atoms with Crippen LogP contribution in [-0.2, 0) is 12.8 Å². The summed E-state index contributed by atoms with van der Waals surface area (Å²) < 4.78 is 1.93. The van der Waals surface area contributed by atoms with Gasteiger partial charge < -0.3 is 10.6 Å². The first-order valence-corrected chi connectivity index (χ1v) is 7.96. The van der Waals surface area contributed by atoms with Crippen molar-refractivity contribution >= 4 is 5.91 Å². The minimum absolute atomic E-state index is 0.0641. The van der Waals surface area contributed by atoms with Crippen molar-refractivity contribution in [3.8, 4) is 5.69 Å². The third kappa shape index (κ3) is 2.90. The number of fused-ring (bicyclic) bond motifs is 1. The molecule has 5 heteroatoms. The fourth-order valence-electron chi connectivity index (χ4n) is 2.93. The first-order chi connectivity index (χ1) is 10.8. The summed E-state index contributed by atoms with van der Waals surface area (Å²) in [5.74, 6) is -0.0641. The minimum Gasteiger partial charge on any atom is -0.349 e. The van der Waals surface area contributed by atoms with Crippen LogP contribution in [0.15, 0.2) is 30.3 Å². The van der Waals surface area contributed by atoms with Crippen LogP contribution in [-0.4, -0.2) is 35.3 Å². The average molecular weight is 298 g/mol. The lowest BCUT2D eigenvalue weighted by Gasteiger charge is -2.05. The van der Waals surface area contributed by atoms with Crippen molar-refractivity contribution in [1.29, 1.82) is 0 Å². The molecule has 0 aliphatic heterocycles. The van der Waals surface area contributed by atoms with E-state index in [1.807, 2.05) is 35.0 Å². The smallest absolute Gasteiger partial charge is 0.272 e. The molecule has 1 aromatic heterocycles. The molecule has 1 heterocycles. The third-order valence-corrected chi connectivity index (χ3v) is 3.98. The molecule has 0 bridgehead atoms. The van der Waals surface area contributed by atoms with Gasteiger partial charge in [-0.15, -0.1) is 0 Å². The number of hydrogen-bond acceptors (Lipinski definition) is 3. The van der Waals surface area contributed by atoms with Crippen LogP contribution < -0.4 is 10.6 Å². The molecule has 0 saturated carbocycles. The summed E-state index contributed by atoms with van der Waals surface area (Å²) in [4.78, 5) is 12.4. The normalized spacial score (nSPS) is 13.1. The Hall–Kier alpha value is -2.14. The van der Waals surface area contributed by atoms with Crippen molar-refractivity contribution in [3.05, 3.63) is 47.3 Å². The second-order valence-electron chi connectivity index (χ2n) is 5.48. The van der Waals surface area contributed by atoms with E-state index in [1.165, 1.54) is 5.69 Å². The molecule has 0 radical (unpaired) electrons. The molecule has 22 heavy (non-hydrogen) atoms. The molecule has 1 aliphatic rings. The Balaban J connectivity index is 1.82. The highest BCUT2D eigenvalue weighted by molar-refractivity contribution is 5.94. The Morgan fingerprint density at radius 1 is 1.23 bits per heavy atom. The molecule has 0 spiro atoms. The van der Waals surface area contributed by atoms with Gasteiger partial charge in [0.2, 0.25) is 0 Å². The van der Waals surface area contributed by atoms with Crippen LogP contribution in [0.3, 0.4) is 0 Å². The molecule has 0 saturated heterocycles. The largest absolute Gasteiger partial charge is 0.349 e. The number of rotatable bonds is 6. The van der Waals surface area contributed by atoms with Gasteiger partial charge in [0.1, 0.15) is 0 Å². The zero-order valence-corrected chi connectivity index (χ0v) is 12.9. The Bertz CT molecular complexity index is 648. The number of carbonyl (C=O) groups excluding carboxylic acids is 1. The van der Waals surface area contributed by atoms with Crippen LogP contribution in [0.1, 0.15) is 35.1 Å². The van der Waals surface area contributed by atoms with E-state index in [2.05, 4.69) is 22.7 Å². The maximum Gasteiger partial charge on any atom is 0.272 e. The SMILES string of the molecule is CCNCCNC(=O)c1nn(-c2ccccc2)c2c1CCC2. The molecule has 1 aromatic carbocycles. The van der Waals surface area contributed by atoms with Crippen LogP contribution in [0, 0.1) is 0 Å². The fraction of sp³-hybridized carbons (Fsp3) is 0.412. The number of likely N-dealkylation sites (N-methyl/N-ethyl adjacent to an activating group) is 1. The highest BCUT2D eigenvalue weighted by Crippen LogP contribution is 2.27. The maximum absolute atomic E-state index is 12.4. The van der Waals surface area contributed by atoms with Gasteiger partial charge in [-0.25, -0.2) is 4.68 Å². The second-order valence-corrected chi connectivity index (χ2v) is 5.48. The van der Waals surface area contributed by atoms with Crippen LogP contribution in [0.4, 0.5) is 0 Å². The number of hydrogen-bond donors (Lipinski definition) is 2. The first-order valence-electron chi connectivity index (χ1n) is 7.96. The van der Waals surface area contributed by atoms with Gasteiger partial charge in [0.25, 0.3) is 5.91 Å². The molecule has 0 unspecified atom stereocenters. The summed E-state index contributed by atoms with van der Waals surface area (Å²) in [7, 11) is 0. The van der Waals surface area contributed by atoms with E-state index in [-0.39, 0.29) is 5.91 Å². The molecular formula is C17H22N4O. The van der Waals surface area contributed by atoms with E-state index in [0.717, 1.165) is 43.6 Å². The highest BCUT2D eigenvalue weighted by Gasteiger charge is 2.26. The van der Waals surface area contributed by atoms with E-state index >= 15 is 0 Å². The summed E-state index contributed by atoms with van der Waals surface area (Å²) in [6.07, 6.45) is 3.03. The van der Waals surface area contributed by atoms with Crippen molar-refractivity contribution in [2.24, 2.45) is 0 Å². The van der Waals surface area contributed by atoms with Crippen molar-refractivity contribution in [1.82, 2.24) is 20.4 Å². The average Bonchev–Trinajstić information content (AvgIpc) is 3.14. The lowest BCUT2D eigenvalue weighted by Crippen LogP contribution is -2.32. The molecular weight excluding hydrogens is 276 g/mol. The van der Waals surface area contributed by atoms with E-state index in [9.17, 15) is 4.79 Å². The van der Waals surface area contributed by atoms with Crippen LogP contribution >= 0.6 is 0 Å². The standard InChI is InChI=1S/C17H22N4O/c1-2-18-11-12-19-17(22)16-14-9-6-10-15(14)21(20-16)13-7-4-3-5-8-13/h3-5,7-8,18H,2,6,9-12H2,1H3,(H,19,22). The van der Waals surface area contributed by atoms with E-state index in [0.29, 0.717) is 12.2 Å². The van der Waals surface area contributed by atoms with Gasteiger partial charge in [0, 0.05) is 24.3 Å². The zero-order chi connectivity index (χ0) is 15.4. The van der Waals surface area contributed by atoms with E-state index in [1.54, 1.807) is 0 Å². The van der Waals surface area contributed by atoms with Gasteiger partial charge in [0.05, 0.1) is 5.69 Å². The quantitative estimate of drug-likeness (QED) is 0.798. The van der Waals surface area contributed by atoms with Crippen LogP contribution in [0.2, 0.25) is 0 Å². The molecule has 1 amide bonds. The van der Waals surface area contributed by atoms with E-state index in [4.69, 9.17) is 0 Å². The maximum atomic E-state index is 12.4. The van der Waals surface area contributed by atoms with Crippen molar-refractivity contribution in [2.75, 3.05) is 19.6 Å². The predicted molar refractivity (Wildman–Crippen MR) is 86.5 cm³/mol. The summed E-state index contributed by atoms with van der Waals surface area (Å²) in [6, 6.07) is 10.0. The number of benzene rings is 1. The molecule has 3 rings (SSSR count). The van der Waals surface area contributed by atoms with Gasteiger partial charge in [0.15, 0.2) is 5.69 Å². The molecule has 2 aromatic rings. The third-order valence-electron chi connectivity index (χ3n) is 3.98. The highest BCUT2D eigenvalue weighted by atomic mass is 16.1. The Labute approximate surface area is 130 Å². The molecule has 0 fully saturated rings. The number of para-hydroxylation sites is 1. The number of carbonyl (C=O) groups is 1. The summed E-state index contributed by atoms with van der Waals surface area (Å²) in [5, 5.41) is 10.7. The number of aromatic nitrogens is 2. The number of amides is 1. The molecule has 0 atom stereocenters. The molecule has 2 N–H and O–H groups in total. The van der Waals surface area contributed by atoms with Crippen LogP contribution in [0.5, 0.6) is 0 Å². The lowest BCUT2D eigenvalue weighted by molar-refractivity contribution is 0.0947. The lowest BCUT2D eigenvalue weighted by atomic mass is 10.2.